The molecule has 1 aliphatic rings. The number of ether oxygens (including phenoxy) is 1. The van der Waals surface area contributed by atoms with Gasteiger partial charge in [0.2, 0.25) is 5.91 Å². The van der Waals surface area contributed by atoms with Crippen molar-refractivity contribution in [1.82, 2.24) is 14.7 Å². The smallest absolute Gasteiger partial charge is 0.236 e. The Kier molecular flexibility index (Phi) is 6.83. The van der Waals surface area contributed by atoms with Gasteiger partial charge in [-0.05, 0) is 26.2 Å². The summed E-state index contributed by atoms with van der Waals surface area (Å²) in [5.74, 6) is 0.938. The van der Waals surface area contributed by atoms with E-state index >= 15 is 0 Å². The van der Waals surface area contributed by atoms with Crippen molar-refractivity contribution in [2.45, 2.75) is 6.10 Å². The Morgan fingerprint density at radius 3 is 2.48 bits per heavy atom. The van der Waals surface area contributed by atoms with Gasteiger partial charge in [0.25, 0.3) is 0 Å². The van der Waals surface area contributed by atoms with Crippen molar-refractivity contribution in [2.75, 3.05) is 60.0 Å². The molecule has 1 amide bonds. The third-order valence-corrected chi connectivity index (χ3v) is 3.83. The maximum atomic E-state index is 12.0. The fourth-order valence-corrected chi connectivity index (χ4v) is 2.61. The zero-order chi connectivity index (χ0) is 16.7. The van der Waals surface area contributed by atoms with Gasteiger partial charge in [0, 0.05) is 32.7 Å². The third kappa shape index (κ3) is 6.17. The van der Waals surface area contributed by atoms with Crippen LogP contribution in [-0.4, -0.2) is 91.8 Å². The lowest BCUT2D eigenvalue weighted by Crippen LogP contribution is -2.52. The molecule has 0 spiro atoms. The van der Waals surface area contributed by atoms with Crippen molar-refractivity contribution < 1.29 is 14.6 Å². The van der Waals surface area contributed by atoms with E-state index in [1.165, 1.54) is 0 Å². The molecule has 1 fully saturated rings. The number of para-hydroxylation sites is 1. The topological polar surface area (TPSA) is 56.3 Å². The van der Waals surface area contributed by atoms with Crippen LogP contribution in [-0.2, 0) is 4.79 Å². The predicted octanol–water partition coefficient (Wildman–Crippen LogP) is 0.132. The van der Waals surface area contributed by atoms with Gasteiger partial charge < -0.3 is 19.6 Å². The van der Waals surface area contributed by atoms with Crippen LogP contribution < -0.4 is 4.74 Å². The molecular formula is C17H27N3O3. The minimum absolute atomic E-state index is 0.169. The number of hydrogen-bond donors (Lipinski definition) is 1. The molecule has 0 bridgehead atoms. The largest absolute Gasteiger partial charge is 0.491 e. The van der Waals surface area contributed by atoms with Crippen LogP contribution in [0.4, 0.5) is 0 Å². The van der Waals surface area contributed by atoms with Gasteiger partial charge in [-0.1, -0.05) is 18.2 Å². The highest BCUT2D eigenvalue weighted by Gasteiger charge is 2.22. The van der Waals surface area contributed by atoms with E-state index < -0.39 is 6.10 Å². The summed E-state index contributed by atoms with van der Waals surface area (Å²) in [5, 5.41) is 10.1. The van der Waals surface area contributed by atoms with E-state index in [1.807, 2.05) is 54.2 Å². The fourth-order valence-electron chi connectivity index (χ4n) is 2.61. The van der Waals surface area contributed by atoms with E-state index in [1.54, 1.807) is 0 Å². The number of amides is 1. The fraction of sp³-hybridized carbons (Fsp3) is 0.588. The minimum atomic E-state index is -0.528. The zero-order valence-corrected chi connectivity index (χ0v) is 14.0. The first kappa shape index (κ1) is 17.7. The number of aliphatic hydroxyl groups is 1. The van der Waals surface area contributed by atoms with Crippen molar-refractivity contribution in [3.8, 4) is 5.75 Å². The molecule has 0 aromatic heterocycles. The SMILES string of the molecule is CN(C)CC(=O)N1CCN(C[C@@H](O)COc2ccccc2)CC1. The van der Waals surface area contributed by atoms with E-state index in [0.717, 1.165) is 31.9 Å². The average molecular weight is 321 g/mol. The lowest BCUT2D eigenvalue weighted by atomic mass is 10.2. The summed E-state index contributed by atoms with van der Waals surface area (Å²) < 4.78 is 5.57. The monoisotopic (exact) mass is 321 g/mol. The van der Waals surface area contributed by atoms with Gasteiger partial charge in [-0.3, -0.25) is 9.69 Å². The lowest BCUT2D eigenvalue weighted by Gasteiger charge is -2.36. The number of carbonyl (C=O) groups excluding carboxylic acids is 1. The normalized spacial score (nSPS) is 17.3. The van der Waals surface area contributed by atoms with Gasteiger partial charge in [-0.25, -0.2) is 0 Å². The van der Waals surface area contributed by atoms with Crippen LogP contribution in [0.25, 0.3) is 0 Å². The number of hydrogen-bond acceptors (Lipinski definition) is 5. The van der Waals surface area contributed by atoms with Crippen LogP contribution in [0.5, 0.6) is 5.75 Å². The van der Waals surface area contributed by atoms with Crippen molar-refractivity contribution in [1.29, 1.82) is 0 Å². The molecule has 0 aliphatic carbocycles. The Hall–Kier alpha value is -1.63. The van der Waals surface area contributed by atoms with Gasteiger partial charge in [0.1, 0.15) is 18.5 Å². The summed E-state index contributed by atoms with van der Waals surface area (Å²) in [6.45, 7) is 4.33. The molecule has 0 radical (unpaired) electrons. The molecule has 1 N–H and O–H groups in total. The molecule has 1 atom stereocenters. The standard InChI is InChI=1S/C17H27N3O3/c1-18(2)13-17(22)20-10-8-19(9-11-20)12-15(21)14-23-16-6-4-3-5-7-16/h3-7,15,21H,8-14H2,1-2H3/t15-/m1/s1. The minimum Gasteiger partial charge on any atom is -0.491 e. The third-order valence-electron chi connectivity index (χ3n) is 3.83. The number of rotatable bonds is 7. The van der Waals surface area contributed by atoms with Crippen molar-refractivity contribution in [3.63, 3.8) is 0 Å². The summed E-state index contributed by atoms with van der Waals surface area (Å²) in [7, 11) is 3.80. The van der Waals surface area contributed by atoms with E-state index in [4.69, 9.17) is 4.74 Å². The number of piperazine rings is 1. The van der Waals surface area contributed by atoms with Crippen LogP contribution >= 0.6 is 0 Å². The van der Waals surface area contributed by atoms with Crippen LogP contribution in [0.2, 0.25) is 0 Å². The quantitative estimate of drug-likeness (QED) is 0.774. The highest BCUT2D eigenvalue weighted by molar-refractivity contribution is 5.78. The van der Waals surface area contributed by atoms with Crippen molar-refractivity contribution in [3.05, 3.63) is 30.3 Å². The predicted molar refractivity (Wildman–Crippen MR) is 89.5 cm³/mol. The molecule has 1 aromatic carbocycles. The van der Waals surface area contributed by atoms with Crippen LogP contribution in [0.15, 0.2) is 30.3 Å². The Morgan fingerprint density at radius 2 is 1.87 bits per heavy atom. The Bertz CT molecular complexity index is 473. The highest BCUT2D eigenvalue weighted by Crippen LogP contribution is 2.09. The van der Waals surface area contributed by atoms with Crippen molar-refractivity contribution >= 4 is 5.91 Å². The maximum Gasteiger partial charge on any atom is 0.236 e. The molecule has 6 nitrogen and oxygen atoms in total. The molecule has 1 saturated heterocycles. The van der Waals surface area contributed by atoms with Crippen LogP contribution in [0.3, 0.4) is 0 Å². The number of aliphatic hydroxyl groups excluding tert-OH is 1. The van der Waals surface area contributed by atoms with Gasteiger partial charge >= 0.3 is 0 Å². The molecule has 0 unspecified atom stereocenters. The first-order valence-corrected chi connectivity index (χ1v) is 8.05. The Morgan fingerprint density at radius 1 is 1.22 bits per heavy atom. The van der Waals surface area contributed by atoms with E-state index in [0.29, 0.717) is 13.1 Å². The number of nitrogens with zero attached hydrogens (tertiary/aromatic N) is 3. The molecule has 1 aliphatic heterocycles. The van der Waals surface area contributed by atoms with E-state index in [2.05, 4.69) is 4.90 Å². The molecule has 6 heteroatoms. The van der Waals surface area contributed by atoms with E-state index in [9.17, 15) is 9.90 Å². The van der Waals surface area contributed by atoms with Gasteiger partial charge in [0.15, 0.2) is 0 Å². The molecule has 128 valence electrons. The maximum absolute atomic E-state index is 12.0. The summed E-state index contributed by atoms with van der Waals surface area (Å²) in [5.41, 5.74) is 0. The Balaban J connectivity index is 1.66. The summed E-state index contributed by atoms with van der Waals surface area (Å²) in [4.78, 5) is 18.0. The first-order valence-electron chi connectivity index (χ1n) is 8.05. The van der Waals surface area contributed by atoms with Crippen molar-refractivity contribution in [2.24, 2.45) is 0 Å². The summed E-state index contributed by atoms with van der Waals surface area (Å²) >= 11 is 0. The summed E-state index contributed by atoms with van der Waals surface area (Å²) in [6.07, 6.45) is -0.528. The number of benzene rings is 1. The second-order valence-corrected chi connectivity index (χ2v) is 6.20. The molecule has 23 heavy (non-hydrogen) atoms. The Labute approximate surface area is 138 Å². The molecule has 2 rings (SSSR count). The zero-order valence-electron chi connectivity index (χ0n) is 14.0. The second kappa shape index (κ2) is 8.86. The number of carbonyl (C=O) groups is 1. The van der Waals surface area contributed by atoms with E-state index in [-0.39, 0.29) is 12.5 Å². The lowest BCUT2D eigenvalue weighted by molar-refractivity contribution is -0.133. The molecule has 0 saturated carbocycles. The highest BCUT2D eigenvalue weighted by atomic mass is 16.5. The number of likely N-dealkylation sites (N-methyl/N-ethyl adjacent to an activating group) is 1. The van der Waals surface area contributed by atoms with Gasteiger partial charge in [-0.15, -0.1) is 0 Å². The first-order chi connectivity index (χ1) is 11.0. The van der Waals surface area contributed by atoms with Crippen LogP contribution in [0.1, 0.15) is 0 Å². The number of β-amino-alcohol motifs (C(OH)–C–C–N with tert-alkyl or cyclic N) is 1. The van der Waals surface area contributed by atoms with Gasteiger partial charge in [0.05, 0.1) is 6.54 Å². The van der Waals surface area contributed by atoms with Gasteiger partial charge in [-0.2, -0.15) is 0 Å². The summed E-state index contributed by atoms with van der Waals surface area (Å²) in [6, 6.07) is 9.50. The molecule has 1 heterocycles. The average Bonchev–Trinajstić information content (AvgIpc) is 2.54. The second-order valence-electron chi connectivity index (χ2n) is 6.20. The molecule has 1 aromatic rings. The molecular weight excluding hydrogens is 294 g/mol. The van der Waals surface area contributed by atoms with Crippen LogP contribution in [0, 0.1) is 0 Å².